The number of carbonyl (C=O) groups excluding carboxylic acids is 2. The Morgan fingerprint density at radius 1 is 1.11 bits per heavy atom. The van der Waals surface area contributed by atoms with Crippen LogP contribution >= 0.6 is 11.8 Å². The van der Waals surface area contributed by atoms with E-state index in [4.69, 9.17) is 0 Å². The minimum atomic E-state index is -0.0797. The van der Waals surface area contributed by atoms with Crippen LogP contribution in [0.25, 0.3) is 0 Å². The van der Waals surface area contributed by atoms with Crippen molar-refractivity contribution in [3.05, 3.63) is 30.3 Å². The van der Waals surface area contributed by atoms with Crippen LogP contribution in [0.1, 0.15) is 13.3 Å². The number of rotatable bonds is 7. The number of thioether (sulfide) groups is 1. The van der Waals surface area contributed by atoms with E-state index in [1.807, 2.05) is 30.3 Å². The van der Waals surface area contributed by atoms with Gasteiger partial charge in [-0.15, -0.1) is 11.8 Å². The summed E-state index contributed by atoms with van der Waals surface area (Å²) in [5, 5.41) is 5.38. The normalized spacial score (nSPS) is 9.83. The van der Waals surface area contributed by atoms with Gasteiger partial charge in [0.05, 0.1) is 0 Å². The van der Waals surface area contributed by atoms with Gasteiger partial charge < -0.3 is 10.6 Å². The van der Waals surface area contributed by atoms with Crippen molar-refractivity contribution in [3.8, 4) is 0 Å². The van der Waals surface area contributed by atoms with Gasteiger partial charge >= 0.3 is 0 Å². The van der Waals surface area contributed by atoms with Crippen molar-refractivity contribution in [2.45, 2.75) is 18.2 Å². The van der Waals surface area contributed by atoms with Crippen LogP contribution in [0.3, 0.4) is 0 Å². The molecule has 0 aliphatic carbocycles. The van der Waals surface area contributed by atoms with E-state index >= 15 is 0 Å². The lowest BCUT2D eigenvalue weighted by Gasteiger charge is -2.05. The second kappa shape index (κ2) is 8.58. The van der Waals surface area contributed by atoms with Crippen molar-refractivity contribution in [3.63, 3.8) is 0 Å². The monoisotopic (exact) mass is 266 g/mol. The van der Waals surface area contributed by atoms with Gasteiger partial charge in [-0.25, -0.2) is 0 Å². The fraction of sp³-hybridized carbons (Fsp3) is 0.385. The van der Waals surface area contributed by atoms with Crippen molar-refractivity contribution in [2.24, 2.45) is 0 Å². The first-order valence-corrected chi connectivity index (χ1v) is 6.86. The first kappa shape index (κ1) is 14.6. The molecule has 2 N–H and O–H groups in total. The molecule has 0 aliphatic rings. The molecule has 1 aromatic carbocycles. The molecule has 0 radical (unpaired) electrons. The Labute approximate surface area is 112 Å². The van der Waals surface area contributed by atoms with Crippen molar-refractivity contribution < 1.29 is 9.59 Å². The molecule has 0 fully saturated rings. The van der Waals surface area contributed by atoms with Gasteiger partial charge in [0.2, 0.25) is 11.8 Å². The summed E-state index contributed by atoms with van der Waals surface area (Å²) in [6.07, 6.45) is 0.486. The quantitative estimate of drug-likeness (QED) is 0.579. The van der Waals surface area contributed by atoms with Crippen LogP contribution in [0.2, 0.25) is 0 Å². The third kappa shape index (κ3) is 6.96. The van der Waals surface area contributed by atoms with Crippen LogP contribution in [0.4, 0.5) is 0 Å². The van der Waals surface area contributed by atoms with Gasteiger partial charge in [-0.1, -0.05) is 18.2 Å². The SMILES string of the molecule is CC(=O)NCCNC(=O)CCSc1ccccc1. The molecule has 18 heavy (non-hydrogen) atoms. The third-order valence-corrected chi connectivity index (χ3v) is 3.18. The highest BCUT2D eigenvalue weighted by atomic mass is 32.2. The summed E-state index contributed by atoms with van der Waals surface area (Å²) in [7, 11) is 0. The van der Waals surface area contributed by atoms with E-state index in [2.05, 4.69) is 10.6 Å². The molecular formula is C13H18N2O2S. The molecule has 0 aliphatic heterocycles. The van der Waals surface area contributed by atoms with E-state index in [0.717, 1.165) is 5.75 Å². The lowest BCUT2D eigenvalue weighted by molar-refractivity contribution is -0.121. The molecule has 4 nitrogen and oxygen atoms in total. The lowest BCUT2D eigenvalue weighted by atomic mass is 10.4. The minimum Gasteiger partial charge on any atom is -0.355 e. The molecular weight excluding hydrogens is 248 g/mol. The number of carbonyl (C=O) groups is 2. The summed E-state index contributed by atoms with van der Waals surface area (Å²) in [5.41, 5.74) is 0. The van der Waals surface area contributed by atoms with Crippen molar-refractivity contribution in [1.29, 1.82) is 0 Å². The summed E-state index contributed by atoms with van der Waals surface area (Å²) >= 11 is 1.66. The van der Waals surface area contributed by atoms with Crippen LogP contribution in [0.5, 0.6) is 0 Å². The van der Waals surface area contributed by atoms with E-state index in [1.165, 1.54) is 11.8 Å². The molecule has 1 rings (SSSR count). The second-order valence-corrected chi connectivity index (χ2v) is 4.91. The van der Waals surface area contributed by atoms with Gasteiger partial charge in [0.25, 0.3) is 0 Å². The molecule has 5 heteroatoms. The third-order valence-electron chi connectivity index (χ3n) is 2.16. The van der Waals surface area contributed by atoms with Gasteiger partial charge in [-0.3, -0.25) is 9.59 Å². The van der Waals surface area contributed by atoms with Gasteiger partial charge in [-0.05, 0) is 12.1 Å². The number of hydrogen-bond donors (Lipinski definition) is 2. The van der Waals surface area contributed by atoms with Gasteiger partial charge in [-0.2, -0.15) is 0 Å². The predicted molar refractivity (Wildman–Crippen MR) is 73.5 cm³/mol. The van der Waals surface area contributed by atoms with Crippen LogP contribution in [-0.4, -0.2) is 30.7 Å². The van der Waals surface area contributed by atoms with Crippen LogP contribution in [-0.2, 0) is 9.59 Å². The average Bonchev–Trinajstić information content (AvgIpc) is 2.36. The zero-order valence-corrected chi connectivity index (χ0v) is 11.3. The van der Waals surface area contributed by atoms with Gasteiger partial charge in [0.1, 0.15) is 0 Å². The fourth-order valence-electron chi connectivity index (χ4n) is 1.31. The molecule has 98 valence electrons. The fourth-order valence-corrected chi connectivity index (χ4v) is 2.18. The summed E-state index contributed by atoms with van der Waals surface area (Å²) < 4.78 is 0. The topological polar surface area (TPSA) is 58.2 Å². The van der Waals surface area contributed by atoms with E-state index in [-0.39, 0.29) is 11.8 Å². The molecule has 0 saturated heterocycles. The Morgan fingerprint density at radius 3 is 2.44 bits per heavy atom. The Balaban J connectivity index is 2.05. The first-order valence-electron chi connectivity index (χ1n) is 5.87. The maximum atomic E-state index is 11.4. The van der Waals surface area contributed by atoms with E-state index in [1.54, 1.807) is 11.8 Å². The summed E-state index contributed by atoms with van der Waals surface area (Å²) in [5.74, 6) is 0.698. The number of amides is 2. The summed E-state index contributed by atoms with van der Waals surface area (Å²) in [4.78, 5) is 23.2. The van der Waals surface area contributed by atoms with Crippen molar-refractivity contribution in [2.75, 3.05) is 18.8 Å². The molecule has 0 heterocycles. The maximum Gasteiger partial charge on any atom is 0.220 e. The molecule has 0 atom stereocenters. The Bertz CT molecular complexity index is 382. The van der Waals surface area contributed by atoms with E-state index in [9.17, 15) is 9.59 Å². The highest BCUT2D eigenvalue weighted by Crippen LogP contribution is 2.17. The van der Waals surface area contributed by atoms with Crippen molar-refractivity contribution >= 4 is 23.6 Å². The van der Waals surface area contributed by atoms with Gasteiger partial charge in [0, 0.05) is 37.1 Å². The van der Waals surface area contributed by atoms with Gasteiger partial charge in [0.15, 0.2) is 0 Å². The number of benzene rings is 1. The largest absolute Gasteiger partial charge is 0.355 e. The standard InChI is InChI=1S/C13H18N2O2S/c1-11(16)14-8-9-15-13(17)7-10-18-12-5-3-2-4-6-12/h2-6H,7-10H2,1H3,(H,14,16)(H,15,17). The molecule has 1 aromatic rings. The smallest absolute Gasteiger partial charge is 0.220 e. The number of hydrogen-bond acceptors (Lipinski definition) is 3. The zero-order chi connectivity index (χ0) is 13.2. The van der Waals surface area contributed by atoms with Crippen LogP contribution < -0.4 is 10.6 Å². The molecule has 0 spiro atoms. The highest BCUT2D eigenvalue weighted by Gasteiger charge is 2.01. The molecule has 0 unspecified atom stereocenters. The average molecular weight is 266 g/mol. The number of nitrogens with one attached hydrogen (secondary N) is 2. The van der Waals surface area contributed by atoms with Crippen LogP contribution in [0, 0.1) is 0 Å². The summed E-state index contributed by atoms with van der Waals surface area (Å²) in [6.45, 7) is 2.42. The van der Waals surface area contributed by atoms with E-state index < -0.39 is 0 Å². The highest BCUT2D eigenvalue weighted by molar-refractivity contribution is 7.99. The lowest BCUT2D eigenvalue weighted by Crippen LogP contribution is -2.33. The molecule has 0 bridgehead atoms. The van der Waals surface area contributed by atoms with Crippen molar-refractivity contribution in [1.82, 2.24) is 10.6 Å². The van der Waals surface area contributed by atoms with E-state index in [0.29, 0.717) is 19.5 Å². The zero-order valence-electron chi connectivity index (χ0n) is 10.4. The summed E-state index contributed by atoms with van der Waals surface area (Å²) in [6, 6.07) is 9.99. The van der Waals surface area contributed by atoms with Crippen LogP contribution in [0.15, 0.2) is 35.2 Å². The molecule has 2 amide bonds. The Kier molecular flexibility index (Phi) is 6.94. The first-order chi connectivity index (χ1) is 8.68. The molecule has 0 saturated carbocycles. The molecule has 0 aromatic heterocycles. The Morgan fingerprint density at radius 2 is 1.78 bits per heavy atom. The second-order valence-electron chi connectivity index (χ2n) is 3.74. The maximum absolute atomic E-state index is 11.4. The minimum absolute atomic E-state index is 0.0174. The predicted octanol–water partition coefficient (Wildman–Crippen LogP) is 1.42. The Hall–Kier alpha value is -1.49.